The number of anilines is 1. The minimum absolute atomic E-state index is 0.150. The summed E-state index contributed by atoms with van der Waals surface area (Å²) in [6, 6.07) is 12.9. The average Bonchev–Trinajstić information content (AvgIpc) is 2.97. The molecule has 0 saturated carbocycles. The molecule has 2 atom stereocenters. The molecule has 0 aliphatic rings. The number of alkyl halides is 3. The van der Waals surface area contributed by atoms with Crippen LogP contribution in [0.5, 0.6) is 0 Å². The Labute approximate surface area is 266 Å². The molecular formula is C31H34Cl2F3N3O4S. The fourth-order valence-electron chi connectivity index (χ4n) is 4.40. The molecule has 1 N–H and O–H groups in total. The molecule has 3 aromatic carbocycles. The van der Waals surface area contributed by atoms with Crippen molar-refractivity contribution >= 4 is 50.7 Å². The number of amides is 2. The molecule has 238 valence electrons. The number of nitrogens with one attached hydrogen (secondary N) is 1. The summed E-state index contributed by atoms with van der Waals surface area (Å²) in [6.07, 6.45) is -3.97. The zero-order valence-electron chi connectivity index (χ0n) is 24.7. The molecule has 0 spiro atoms. The van der Waals surface area contributed by atoms with E-state index in [9.17, 15) is 31.2 Å². The van der Waals surface area contributed by atoms with Crippen molar-refractivity contribution in [2.45, 2.75) is 70.2 Å². The third kappa shape index (κ3) is 8.67. The third-order valence-electron chi connectivity index (χ3n) is 7.07. The number of aryl methyl sites for hydroxylation is 1. The first-order valence-electron chi connectivity index (χ1n) is 13.9. The van der Waals surface area contributed by atoms with Gasteiger partial charge in [-0.3, -0.25) is 13.9 Å². The van der Waals surface area contributed by atoms with E-state index in [0.29, 0.717) is 22.4 Å². The standard InChI is InChI=1S/C31H34Cl2F3N3O4S/c1-5-21(4)37-30(41)28(6-2)38(18-22-12-15-26(32)27(33)16-22)29(40)19-39(24-9-7-8-23(17-24)31(34,35)36)44(42,43)25-13-10-20(3)11-14-25/h7-17,21,28H,5-6,18-19H2,1-4H3,(H,37,41). The zero-order chi connectivity index (χ0) is 32.8. The molecule has 0 aliphatic heterocycles. The molecule has 3 aromatic rings. The maximum atomic E-state index is 14.1. The van der Waals surface area contributed by atoms with E-state index in [-0.39, 0.29) is 39.6 Å². The quantitative estimate of drug-likeness (QED) is 0.220. The van der Waals surface area contributed by atoms with Crippen molar-refractivity contribution in [3.05, 3.63) is 93.5 Å². The van der Waals surface area contributed by atoms with Crippen molar-refractivity contribution in [2.75, 3.05) is 10.8 Å². The van der Waals surface area contributed by atoms with E-state index in [2.05, 4.69) is 5.32 Å². The summed E-state index contributed by atoms with van der Waals surface area (Å²) in [7, 11) is -4.54. The van der Waals surface area contributed by atoms with Crippen LogP contribution in [0.1, 0.15) is 50.3 Å². The third-order valence-corrected chi connectivity index (χ3v) is 9.60. The van der Waals surface area contributed by atoms with Gasteiger partial charge in [0.05, 0.1) is 26.2 Å². The molecule has 2 unspecified atom stereocenters. The van der Waals surface area contributed by atoms with E-state index in [1.54, 1.807) is 39.0 Å². The molecule has 44 heavy (non-hydrogen) atoms. The monoisotopic (exact) mass is 671 g/mol. The van der Waals surface area contributed by atoms with Crippen LogP contribution in [0.4, 0.5) is 18.9 Å². The van der Waals surface area contributed by atoms with Crippen molar-refractivity contribution in [3.63, 3.8) is 0 Å². The van der Waals surface area contributed by atoms with Crippen LogP contribution >= 0.6 is 23.2 Å². The smallest absolute Gasteiger partial charge is 0.352 e. The Kier molecular flexibility index (Phi) is 11.7. The van der Waals surface area contributed by atoms with Crippen LogP contribution in [0, 0.1) is 6.92 Å². The second kappa shape index (κ2) is 14.7. The summed E-state index contributed by atoms with van der Waals surface area (Å²) in [5.74, 6) is -1.27. The normalized spacial score (nSPS) is 13.2. The highest BCUT2D eigenvalue weighted by Crippen LogP contribution is 2.33. The van der Waals surface area contributed by atoms with Crippen molar-refractivity contribution in [1.29, 1.82) is 0 Å². The number of carbonyl (C=O) groups is 2. The fraction of sp³-hybridized carbons (Fsp3) is 0.355. The van der Waals surface area contributed by atoms with Crippen LogP contribution in [0.25, 0.3) is 0 Å². The molecule has 0 fully saturated rings. The summed E-state index contributed by atoms with van der Waals surface area (Å²) in [5.41, 5.74) is -0.176. The Balaban J connectivity index is 2.14. The zero-order valence-corrected chi connectivity index (χ0v) is 27.0. The fourth-order valence-corrected chi connectivity index (χ4v) is 6.13. The van der Waals surface area contributed by atoms with E-state index >= 15 is 0 Å². The molecule has 13 heteroatoms. The highest BCUT2D eigenvalue weighted by molar-refractivity contribution is 7.92. The summed E-state index contributed by atoms with van der Waals surface area (Å²) in [6.45, 7) is 6.10. The topological polar surface area (TPSA) is 86.8 Å². The van der Waals surface area contributed by atoms with Gasteiger partial charge in [0.15, 0.2) is 0 Å². The second-order valence-corrected chi connectivity index (χ2v) is 13.1. The first kappa shape index (κ1) is 35.2. The molecule has 0 radical (unpaired) electrons. The molecule has 7 nitrogen and oxygen atoms in total. The van der Waals surface area contributed by atoms with Gasteiger partial charge in [-0.25, -0.2) is 8.42 Å². The lowest BCUT2D eigenvalue weighted by molar-refractivity contribution is -0.140. The first-order valence-corrected chi connectivity index (χ1v) is 16.1. The Bertz CT molecular complexity index is 1580. The summed E-state index contributed by atoms with van der Waals surface area (Å²) < 4.78 is 69.4. The largest absolute Gasteiger partial charge is 0.416 e. The minimum atomic E-state index is -4.76. The molecule has 2 amide bonds. The van der Waals surface area contributed by atoms with Gasteiger partial charge in [-0.2, -0.15) is 13.2 Å². The molecule has 0 aromatic heterocycles. The lowest BCUT2D eigenvalue weighted by atomic mass is 10.1. The van der Waals surface area contributed by atoms with E-state index in [0.717, 1.165) is 17.7 Å². The van der Waals surface area contributed by atoms with E-state index in [4.69, 9.17) is 23.2 Å². The number of nitrogens with zero attached hydrogens (tertiary/aromatic N) is 2. The molecule has 3 rings (SSSR count). The van der Waals surface area contributed by atoms with Crippen molar-refractivity contribution in [3.8, 4) is 0 Å². The number of rotatable bonds is 12. The maximum Gasteiger partial charge on any atom is 0.416 e. The summed E-state index contributed by atoms with van der Waals surface area (Å²) in [4.78, 5) is 28.5. The van der Waals surface area contributed by atoms with Crippen molar-refractivity contribution < 1.29 is 31.2 Å². The van der Waals surface area contributed by atoms with Gasteiger partial charge in [0.1, 0.15) is 12.6 Å². The van der Waals surface area contributed by atoms with Gasteiger partial charge in [0.2, 0.25) is 11.8 Å². The molecule has 0 bridgehead atoms. The van der Waals surface area contributed by atoms with Crippen LogP contribution < -0.4 is 9.62 Å². The van der Waals surface area contributed by atoms with Gasteiger partial charge in [0.25, 0.3) is 10.0 Å². The predicted molar refractivity (Wildman–Crippen MR) is 166 cm³/mol. The highest BCUT2D eigenvalue weighted by Gasteiger charge is 2.36. The van der Waals surface area contributed by atoms with Crippen LogP contribution in [0.3, 0.4) is 0 Å². The molecular weight excluding hydrogens is 638 g/mol. The van der Waals surface area contributed by atoms with Crippen molar-refractivity contribution in [2.24, 2.45) is 0 Å². The van der Waals surface area contributed by atoms with Gasteiger partial charge in [0, 0.05) is 12.6 Å². The van der Waals surface area contributed by atoms with E-state index < -0.39 is 46.2 Å². The van der Waals surface area contributed by atoms with Gasteiger partial charge in [-0.15, -0.1) is 0 Å². The van der Waals surface area contributed by atoms with Crippen molar-refractivity contribution in [1.82, 2.24) is 10.2 Å². The van der Waals surface area contributed by atoms with Gasteiger partial charge in [-0.1, -0.05) is 66.9 Å². The predicted octanol–water partition coefficient (Wildman–Crippen LogP) is 7.24. The highest BCUT2D eigenvalue weighted by atomic mass is 35.5. The van der Waals surface area contributed by atoms with Crippen LogP contribution in [0.15, 0.2) is 71.6 Å². The van der Waals surface area contributed by atoms with E-state index in [1.165, 1.54) is 35.2 Å². The van der Waals surface area contributed by atoms with Crippen LogP contribution in [-0.2, 0) is 32.3 Å². The Hall–Kier alpha value is -3.28. The summed E-state index contributed by atoms with van der Waals surface area (Å²) in [5, 5.41) is 3.34. The average molecular weight is 673 g/mol. The Morgan fingerprint density at radius 2 is 1.59 bits per heavy atom. The number of hydrogen-bond donors (Lipinski definition) is 1. The minimum Gasteiger partial charge on any atom is -0.352 e. The van der Waals surface area contributed by atoms with E-state index in [1.807, 2.05) is 6.92 Å². The van der Waals surface area contributed by atoms with Crippen LogP contribution in [-0.4, -0.2) is 43.8 Å². The lowest BCUT2D eigenvalue weighted by Crippen LogP contribution is -2.53. The van der Waals surface area contributed by atoms with Gasteiger partial charge >= 0.3 is 6.18 Å². The lowest BCUT2D eigenvalue weighted by Gasteiger charge is -2.34. The Morgan fingerprint density at radius 1 is 0.932 bits per heavy atom. The van der Waals surface area contributed by atoms with Gasteiger partial charge in [-0.05, 0) is 74.7 Å². The van der Waals surface area contributed by atoms with Gasteiger partial charge < -0.3 is 10.2 Å². The SMILES string of the molecule is CCC(C)NC(=O)C(CC)N(Cc1ccc(Cl)c(Cl)c1)C(=O)CN(c1cccc(C(F)(F)F)c1)S(=O)(=O)c1ccc(C)cc1. The molecule has 0 heterocycles. The second-order valence-electron chi connectivity index (χ2n) is 10.4. The Morgan fingerprint density at radius 3 is 2.16 bits per heavy atom. The number of sulfonamides is 1. The maximum absolute atomic E-state index is 14.1. The van der Waals surface area contributed by atoms with Crippen LogP contribution in [0.2, 0.25) is 10.0 Å². The number of halogens is 5. The number of hydrogen-bond acceptors (Lipinski definition) is 4. The molecule has 0 saturated heterocycles. The summed E-state index contributed by atoms with van der Waals surface area (Å²) >= 11 is 12.3. The number of carbonyl (C=O) groups excluding carboxylic acids is 2. The molecule has 0 aliphatic carbocycles. The first-order chi connectivity index (χ1) is 20.6. The number of benzene rings is 3.